The fourth-order valence-electron chi connectivity index (χ4n) is 3.37. The first-order chi connectivity index (χ1) is 14.1. The average molecular weight is 531 g/mol. The monoisotopic (exact) mass is 531 g/mol. The largest absolute Gasteiger partial charge is 0.382 e. The van der Waals surface area contributed by atoms with Crippen LogP contribution in [0, 0.1) is 0 Å². The number of halogens is 1. The number of ether oxygens (including phenoxy) is 1. The number of nitrogens with zero attached hydrogens (tertiary/aromatic N) is 3. The molecule has 1 aromatic carbocycles. The number of carbonyl (C=O) groups excluding carboxylic acids is 1. The van der Waals surface area contributed by atoms with Gasteiger partial charge in [-0.05, 0) is 44.8 Å². The van der Waals surface area contributed by atoms with Gasteiger partial charge in [0, 0.05) is 40.4 Å². The number of benzene rings is 1. The smallest absolute Gasteiger partial charge is 0.243 e. The Labute approximate surface area is 198 Å². The number of hydrogen-bond acceptors (Lipinski definition) is 4. The van der Waals surface area contributed by atoms with Crippen LogP contribution in [0.5, 0.6) is 0 Å². The van der Waals surface area contributed by atoms with Gasteiger partial charge in [0.25, 0.3) is 0 Å². The minimum Gasteiger partial charge on any atom is -0.382 e. The molecule has 0 spiro atoms. The highest BCUT2D eigenvalue weighted by molar-refractivity contribution is 14.0. The highest BCUT2D eigenvalue weighted by Gasteiger charge is 2.23. The molecule has 0 aromatic heterocycles. The lowest BCUT2D eigenvalue weighted by Crippen LogP contribution is -2.43. The first-order valence-corrected chi connectivity index (χ1v) is 10.7. The van der Waals surface area contributed by atoms with E-state index in [2.05, 4.69) is 50.9 Å². The minimum atomic E-state index is -0.0143. The summed E-state index contributed by atoms with van der Waals surface area (Å²) in [6, 6.07) is 10.9. The van der Waals surface area contributed by atoms with Gasteiger partial charge < -0.3 is 20.3 Å². The zero-order chi connectivity index (χ0) is 20.9. The van der Waals surface area contributed by atoms with Crippen LogP contribution in [0.2, 0.25) is 0 Å². The molecule has 1 amide bonds. The predicted octanol–water partition coefficient (Wildman–Crippen LogP) is 2.49. The summed E-state index contributed by atoms with van der Waals surface area (Å²) in [7, 11) is 3.50. The van der Waals surface area contributed by atoms with Crippen LogP contribution in [0.4, 0.5) is 0 Å². The van der Waals surface area contributed by atoms with Crippen molar-refractivity contribution >= 4 is 35.8 Å². The van der Waals surface area contributed by atoms with Gasteiger partial charge in [-0.3, -0.25) is 9.69 Å². The molecule has 0 aliphatic carbocycles. The van der Waals surface area contributed by atoms with Gasteiger partial charge in [-0.25, -0.2) is 4.99 Å². The van der Waals surface area contributed by atoms with E-state index in [9.17, 15) is 4.79 Å². The van der Waals surface area contributed by atoms with Crippen LogP contribution >= 0.6 is 24.0 Å². The summed E-state index contributed by atoms with van der Waals surface area (Å²) < 4.78 is 5.40. The van der Waals surface area contributed by atoms with Crippen LogP contribution in [0.15, 0.2) is 35.3 Å². The van der Waals surface area contributed by atoms with Crippen molar-refractivity contribution in [3.63, 3.8) is 0 Å². The van der Waals surface area contributed by atoms with Crippen molar-refractivity contribution in [1.82, 2.24) is 20.4 Å². The Hall–Kier alpha value is -1.39. The summed E-state index contributed by atoms with van der Waals surface area (Å²) in [5.74, 6) is 0.663. The minimum absolute atomic E-state index is 0. The van der Waals surface area contributed by atoms with Crippen LogP contribution < -0.4 is 10.6 Å². The molecule has 1 aliphatic rings. The van der Waals surface area contributed by atoms with Gasteiger partial charge in [-0.15, -0.1) is 24.0 Å². The standard InChI is InChI=1S/C22H37N5O2.HI/c1-4-29-16-10-13-23-22(25-18-21(28)26(2)3)24-17-20(27-14-8-9-15-27)19-11-6-5-7-12-19;/h5-7,11-12,20H,4,8-10,13-18H2,1-3H3,(H2,23,24,25);1H. The van der Waals surface area contributed by atoms with Crippen molar-refractivity contribution in [2.75, 3.05) is 60.0 Å². The van der Waals surface area contributed by atoms with Crippen LogP contribution in [0.3, 0.4) is 0 Å². The number of nitrogens with one attached hydrogen (secondary N) is 2. The predicted molar refractivity (Wildman–Crippen MR) is 134 cm³/mol. The third-order valence-corrected chi connectivity index (χ3v) is 5.06. The molecule has 30 heavy (non-hydrogen) atoms. The van der Waals surface area contributed by atoms with E-state index >= 15 is 0 Å². The SMILES string of the molecule is CCOCCCNC(=NCC(=O)N(C)C)NCC(c1ccccc1)N1CCCC1.I. The molecule has 0 saturated carbocycles. The molecular weight excluding hydrogens is 493 g/mol. The quantitative estimate of drug-likeness (QED) is 0.199. The van der Waals surface area contributed by atoms with Gasteiger partial charge in [0.05, 0.1) is 6.04 Å². The number of hydrogen-bond donors (Lipinski definition) is 2. The van der Waals surface area contributed by atoms with Crippen LogP contribution in [-0.4, -0.2) is 81.7 Å². The van der Waals surface area contributed by atoms with Crippen molar-refractivity contribution < 1.29 is 9.53 Å². The van der Waals surface area contributed by atoms with Gasteiger partial charge in [0.2, 0.25) is 5.91 Å². The Morgan fingerprint density at radius 1 is 1.20 bits per heavy atom. The fraction of sp³-hybridized carbons (Fsp3) is 0.636. The van der Waals surface area contributed by atoms with Gasteiger partial charge >= 0.3 is 0 Å². The second-order valence-electron chi connectivity index (χ2n) is 7.48. The van der Waals surface area contributed by atoms with Crippen molar-refractivity contribution in [2.24, 2.45) is 4.99 Å². The summed E-state index contributed by atoms with van der Waals surface area (Å²) >= 11 is 0. The van der Waals surface area contributed by atoms with Crippen molar-refractivity contribution in [3.05, 3.63) is 35.9 Å². The van der Waals surface area contributed by atoms with E-state index in [0.717, 1.165) is 39.2 Å². The number of amides is 1. The van der Waals surface area contributed by atoms with Crippen LogP contribution in [0.1, 0.15) is 37.8 Å². The molecule has 2 N–H and O–H groups in total. The zero-order valence-corrected chi connectivity index (χ0v) is 20.9. The van der Waals surface area contributed by atoms with Crippen molar-refractivity contribution in [2.45, 2.75) is 32.2 Å². The Bertz CT molecular complexity index is 621. The molecule has 8 heteroatoms. The highest BCUT2D eigenvalue weighted by atomic mass is 127. The Morgan fingerprint density at radius 2 is 1.90 bits per heavy atom. The summed E-state index contributed by atoms with van der Waals surface area (Å²) in [4.78, 5) is 20.6. The van der Waals surface area contributed by atoms with E-state index in [-0.39, 0.29) is 36.4 Å². The summed E-state index contributed by atoms with van der Waals surface area (Å²) in [6.07, 6.45) is 3.39. The molecule has 1 heterocycles. The fourth-order valence-corrected chi connectivity index (χ4v) is 3.37. The lowest BCUT2D eigenvalue weighted by atomic mass is 10.1. The van der Waals surface area contributed by atoms with Crippen LogP contribution in [-0.2, 0) is 9.53 Å². The third kappa shape index (κ3) is 9.61. The summed E-state index contributed by atoms with van der Waals surface area (Å²) in [5, 5.41) is 6.81. The normalized spacial score (nSPS) is 15.4. The lowest BCUT2D eigenvalue weighted by Gasteiger charge is -2.29. The number of carbonyl (C=O) groups is 1. The third-order valence-electron chi connectivity index (χ3n) is 5.06. The molecule has 1 aromatic rings. The maximum Gasteiger partial charge on any atom is 0.243 e. The molecular formula is C22H38IN5O2. The number of guanidine groups is 1. The zero-order valence-electron chi connectivity index (χ0n) is 18.6. The first kappa shape index (κ1) is 26.6. The molecule has 1 unspecified atom stereocenters. The average Bonchev–Trinajstić information content (AvgIpc) is 3.26. The number of aliphatic imine (C=N–C) groups is 1. The molecule has 0 bridgehead atoms. The topological polar surface area (TPSA) is 69.2 Å². The van der Waals surface area contributed by atoms with Crippen molar-refractivity contribution in [1.29, 1.82) is 0 Å². The number of rotatable bonds is 11. The molecule has 1 fully saturated rings. The van der Waals surface area contributed by atoms with Gasteiger partial charge in [-0.2, -0.15) is 0 Å². The maximum atomic E-state index is 12.0. The van der Waals surface area contributed by atoms with Gasteiger partial charge in [0.15, 0.2) is 5.96 Å². The lowest BCUT2D eigenvalue weighted by molar-refractivity contribution is -0.127. The molecule has 170 valence electrons. The molecule has 0 radical (unpaired) electrons. The molecule has 1 atom stereocenters. The second kappa shape index (κ2) is 15.4. The Kier molecular flexibility index (Phi) is 13.7. The van der Waals surface area contributed by atoms with Gasteiger partial charge in [0.1, 0.15) is 6.54 Å². The Balaban J connectivity index is 0.00000450. The molecule has 2 rings (SSSR count). The highest BCUT2D eigenvalue weighted by Crippen LogP contribution is 2.24. The first-order valence-electron chi connectivity index (χ1n) is 10.7. The molecule has 1 aliphatic heterocycles. The van der Waals surface area contributed by atoms with Crippen LogP contribution in [0.25, 0.3) is 0 Å². The van der Waals surface area contributed by atoms with E-state index in [1.807, 2.05) is 6.92 Å². The molecule has 1 saturated heterocycles. The van der Waals surface area contributed by atoms with Gasteiger partial charge in [-0.1, -0.05) is 30.3 Å². The van der Waals surface area contributed by atoms with E-state index in [1.165, 1.54) is 18.4 Å². The second-order valence-corrected chi connectivity index (χ2v) is 7.48. The van der Waals surface area contributed by atoms with E-state index in [4.69, 9.17) is 4.74 Å². The van der Waals surface area contributed by atoms with E-state index in [0.29, 0.717) is 18.6 Å². The maximum absolute atomic E-state index is 12.0. The van der Waals surface area contributed by atoms with E-state index < -0.39 is 0 Å². The Morgan fingerprint density at radius 3 is 2.53 bits per heavy atom. The number of likely N-dealkylation sites (tertiary alicyclic amines) is 1. The van der Waals surface area contributed by atoms with E-state index in [1.54, 1.807) is 19.0 Å². The summed E-state index contributed by atoms with van der Waals surface area (Å²) in [5.41, 5.74) is 1.31. The number of likely N-dealkylation sites (N-methyl/N-ethyl adjacent to an activating group) is 1. The summed E-state index contributed by atoms with van der Waals surface area (Å²) in [6.45, 7) is 7.31. The van der Waals surface area contributed by atoms with Crippen molar-refractivity contribution in [3.8, 4) is 0 Å². The molecule has 7 nitrogen and oxygen atoms in total.